The lowest BCUT2D eigenvalue weighted by Gasteiger charge is -2.14. The van der Waals surface area contributed by atoms with Crippen LogP contribution in [0.4, 0.5) is 5.69 Å². The first kappa shape index (κ1) is 14.3. The summed E-state index contributed by atoms with van der Waals surface area (Å²) in [5.74, 6) is 0.575. The molecular weight excluding hydrogens is 308 g/mol. The van der Waals surface area contributed by atoms with E-state index in [9.17, 15) is 8.42 Å². The largest absolute Gasteiger partial charge is 0.497 e. The normalized spacial score (nSPS) is 13.2. The Labute approximate surface area is 110 Å². The summed E-state index contributed by atoms with van der Waals surface area (Å²) in [4.78, 5) is 0. The van der Waals surface area contributed by atoms with Crippen LogP contribution in [0.15, 0.2) is 22.7 Å². The molecule has 3 N–H and O–H groups in total. The molecule has 0 aromatic heterocycles. The van der Waals surface area contributed by atoms with Crippen molar-refractivity contribution in [2.75, 3.05) is 18.4 Å². The van der Waals surface area contributed by atoms with Crippen molar-refractivity contribution in [3.8, 4) is 5.75 Å². The van der Waals surface area contributed by atoms with Crippen LogP contribution in [0.25, 0.3) is 0 Å². The highest BCUT2D eigenvalue weighted by Gasteiger charge is 2.20. The first-order chi connectivity index (χ1) is 7.90. The lowest BCUT2D eigenvalue weighted by Crippen LogP contribution is -2.31. The van der Waals surface area contributed by atoms with E-state index in [1.165, 1.54) is 7.11 Å². The monoisotopic (exact) mass is 322 g/mol. The van der Waals surface area contributed by atoms with Gasteiger partial charge in [-0.25, -0.2) is 8.42 Å². The van der Waals surface area contributed by atoms with E-state index in [0.29, 0.717) is 15.9 Å². The summed E-state index contributed by atoms with van der Waals surface area (Å²) >= 11 is 3.27. The third-order valence-electron chi connectivity index (χ3n) is 2.29. The van der Waals surface area contributed by atoms with E-state index in [1.807, 2.05) is 0 Å². The van der Waals surface area contributed by atoms with Crippen LogP contribution >= 0.6 is 15.9 Å². The standard InChI is InChI=1S/C10H15BrN2O3S/c1-7(6-12)17(14,15)13-10-5-8(16-2)3-4-9(10)11/h3-5,7,13H,6,12H2,1-2H3. The Hall–Kier alpha value is -0.790. The summed E-state index contributed by atoms with van der Waals surface area (Å²) in [6.45, 7) is 1.62. The molecule has 1 aromatic carbocycles. The van der Waals surface area contributed by atoms with Crippen molar-refractivity contribution in [3.63, 3.8) is 0 Å². The Kier molecular flexibility index (Phi) is 4.79. The van der Waals surface area contributed by atoms with E-state index in [0.717, 1.165) is 0 Å². The molecule has 0 radical (unpaired) electrons. The van der Waals surface area contributed by atoms with Crippen molar-refractivity contribution in [2.24, 2.45) is 5.73 Å². The summed E-state index contributed by atoms with van der Waals surface area (Å²) in [6.07, 6.45) is 0. The van der Waals surface area contributed by atoms with Gasteiger partial charge in [-0.2, -0.15) is 0 Å². The van der Waals surface area contributed by atoms with Crippen LogP contribution in [0.5, 0.6) is 5.75 Å². The number of anilines is 1. The highest BCUT2D eigenvalue weighted by molar-refractivity contribution is 9.10. The van der Waals surface area contributed by atoms with E-state index in [1.54, 1.807) is 25.1 Å². The fourth-order valence-electron chi connectivity index (χ4n) is 1.09. The molecule has 0 aliphatic carbocycles. The molecule has 1 atom stereocenters. The summed E-state index contributed by atoms with van der Waals surface area (Å²) in [5, 5.41) is -0.652. The van der Waals surface area contributed by atoms with Gasteiger partial charge in [0.15, 0.2) is 0 Å². The third kappa shape index (κ3) is 3.58. The number of nitrogens with two attached hydrogens (primary N) is 1. The molecule has 5 nitrogen and oxygen atoms in total. The summed E-state index contributed by atoms with van der Waals surface area (Å²) in [6, 6.07) is 5.04. The van der Waals surface area contributed by atoms with Crippen LogP contribution in [-0.4, -0.2) is 27.3 Å². The van der Waals surface area contributed by atoms with Crippen molar-refractivity contribution in [1.82, 2.24) is 0 Å². The predicted molar refractivity (Wildman–Crippen MR) is 71.8 cm³/mol. The fraction of sp³-hybridized carbons (Fsp3) is 0.400. The number of benzene rings is 1. The number of methoxy groups -OCH3 is 1. The second-order valence-electron chi connectivity index (χ2n) is 3.54. The van der Waals surface area contributed by atoms with E-state index in [2.05, 4.69) is 20.7 Å². The molecule has 1 rings (SSSR count). The van der Waals surface area contributed by atoms with Gasteiger partial charge in [0.1, 0.15) is 5.75 Å². The van der Waals surface area contributed by atoms with Crippen molar-refractivity contribution < 1.29 is 13.2 Å². The Bertz CT molecular complexity index is 490. The first-order valence-electron chi connectivity index (χ1n) is 4.96. The van der Waals surface area contributed by atoms with Gasteiger partial charge in [-0.15, -0.1) is 0 Å². The van der Waals surface area contributed by atoms with Crippen LogP contribution in [0, 0.1) is 0 Å². The molecule has 0 saturated heterocycles. The zero-order chi connectivity index (χ0) is 13.1. The van der Waals surface area contributed by atoms with Crippen molar-refractivity contribution in [3.05, 3.63) is 22.7 Å². The van der Waals surface area contributed by atoms with Gasteiger partial charge in [0.2, 0.25) is 10.0 Å². The second-order valence-corrected chi connectivity index (χ2v) is 6.49. The van der Waals surface area contributed by atoms with Crippen molar-refractivity contribution in [1.29, 1.82) is 0 Å². The minimum Gasteiger partial charge on any atom is -0.497 e. The second kappa shape index (κ2) is 5.70. The molecular formula is C10H15BrN2O3S. The average Bonchev–Trinajstić information content (AvgIpc) is 2.30. The third-order valence-corrected chi connectivity index (χ3v) is 4.74. The molecule has 0 aliphatic rings. The van der Waals surface area contributed by atoms with Crippen LogP contribution in [0.1, 0.15) is 6.92 Å². The van der Waals surface area contributed by atoms with Crippen LogP contribution in [-0.2, 0) is 10.0 Å². The van der Waals surface area contributed by atoms with Crippen molar-refractivity contribution in [2.45, 2.75) is 12.2 Å². The van der Waals surface area contributed by atoms with Gasteiger partial charge in [0.25, 0.3) is 0 Å². The zero-order valence-electron chi connectivity index (χ0n) is 9.60. The fourth-order valence-corrected chi connectivity index (χ4v) is 2.50. The molecule has 0 aliphatic heterocycles. The van der Waals surface area contributed by atoms with E-state index < -0.39 is 15.3 Å². The van der Waals surface area contributed by atoms with Gasteiger partial charge < -0.3 is 10.5 Å². The van der Waals surface area contributed by atoms with E-state index in [-0.39, 0.29) is 6.54 Å². The van der Waals surface area contributed by atoms with Gasteiger partial charge in [-0.3, -0.25) is 4.72 Å². The molecule has 0 amide bonds. The molecule has 0 heterocycles. The maximum atomic E-state index is 11.8. The summed E-state index contributed by atoms with van der Waals surface area (Å²) in [7, 11) is -1.95. The number of hydrogen-bond acceptors (Lipinski definition) is 4. The van der Waals surface area contributed by atoms with Gasteiger partial charge >= 0.3 is 0 Å². The number of rotatable bonds is 5. The maximum Gasteiger partial charge on any atom is 0.236 e. The first-order valence-corrected chi connectivity index (χ1v) is 7.30. The highest BCUT2D eigenvalue weighted by atomic mass is 79.9. The molecule has 0 fully saturated rings. The number of ether oxygens (including phenoxy) is 1. The molecule has 17 heavy (non-hydrogen) atoms. The van der Waals surface area contributed by atoms with Gasteiger partial charge in [-0.1, -0.05) is 0 Å². The molecule has 0 bridgehead atoms. The van der Waals surface area contributed by atoms with E-state index in [4.69, 9.17) is 10.5 Å². The molecule has 1 unspecified atom stereocenters. The molecule has 96 valence electrons. The zero-order valence-corrected chi connectivity index (χ0v) is 12.0. The number of halogens is 1. The minimum atomic E-state index is -3.47. The molecule has 0 saturated carbocycles. The number of sulfonamides is 1. The SMILES string of the molecule is COc1ccc(Br)c(NS(=O)(=O)C(C)CN)c1. The number of hydrogen-bond donors (Lipinski definition) is 2. The summed E-state index contributed by atoms with van der Waals surface area (Å²) in [5.41, 5.74) is 5.79. The van der Waals surface area contributed by atoms with Gasteiger partial charge in [-0.05, 0) is 35.0 Å². The molecule has 7 heteroatoms. The van der Waals surface area contributed by atoms with Crippen LogP contribution < -0.4 is 15.2 Å². The maximum absolute atomic E-state index is 11.8. The lowest BCUT2D eigenvalue weighted by atomic mass is 10.3. The van der Waals surface area contributed by atoms with Crippen molar-refractivity contribution >= 4 is 31.6 Å². The highest BCUT2D eigenvalue weighted by Crippen LogP contribution is 2.28. The average molecular weight is 323 g/mol. The van der Waals surface area contributed by atoms with Gasteiger partial charge in [0, 0.05) is 17.1 Å². The lowest BCUT2D eigenvalue weighted by molar-refractivity contribution is 0.415. The molecule has 1 aromatic rings. The smallest absolute Gasteiger partial charge is 0.236 e. The Morgan fingerprint density at radius 1 is 1.53 bits per heavy atom. The van der Waals surface area contributed by atoms with Crippen LogP contribution in [0.2, 0.25) is 0 Å². The predicted octanol–water partition coefficient (Wildman–Crippen LogP) is 1.55. The Balaban J connectivity index is 3.02. The Morgan fingerprint density at radius 3 is 2.71 bits per heavy atom. The molecule has 0 spiro atoms. The summed E-state index contributed by atoms with van der Waals surface area (Å²) < 4.78 is 31.8. The Morgan fingerprint density at radius 2 is 2.18 bits per heavy atom. The quantitative estimate of drug-likeness (QED) is 0.861. The topological polar surface area (TPSA) is 81.4 Å². The number of nitrogens with one attached hydrogen (secondary N) is 1. The minimum absolute atomic E-state index is 0.0664. The van der Waals surface area contributed by atoms with E-state index >= 15 is 0 Å². The van der Waals surface area contributed by atoms with Crippen LogP contribution in [0.3, 0.4) is 0 Å². The van der Waals surface area contributed by atoms with Gasteiger partial charge in [0.05, 0.1) is 18.0 Å².